The average molecular weight is 157 g/mol. The number of hydrogen-bond donors (Lipinski definition) is 2. The first-order chi connectivity index (χ1) is 5.20. The molecule has 0 heterocycles. The third-order valence-electron chi connectivity index (χ3n) is 1.50. The fraction of sp³-hybridized carbons (Fsp3) is 0.625. The van der Waals surface area contributed by atoms with Crippen LogP contribution in [0.5, 0.6) is 0 Å². The Kier molecular flexibility index (Phi) is 5.25. The number of amides is 1. The van der Waals surface area contributed by atoms with E-state index in [1.807, 2.05) is 26.0 Å². The summed E-state index contributed by atoms with van der Waals surface area (Å²) >= 11 is 0. The molecular formula is C8H15NO2. The molecule has 0 rings (SSSR count). The Morgan fingerprint density at radius 3 is 2.73 bits per heavy atom. The highest BCUT2D eigenvalue weighted by atomic mass is 16.4. The molecular weight excluding hydrogens is 142 g/mol. The van der Waals surface area contributed by atoms with Crippen molar-refractivity contribution in [3.63, 3.8) is 0 Å². The van der Waals surface area contributed by atoms with Gasteiger partial charge in [-0.3, -0.25) is 0 Å². The summed E-state index contributed by atoms with van der Waals surface area (Å²) < 4.78 is 0. The maximum atomic E-state index is 10.1. The fourth-order valence-electron chi connectivity index (χ4n) is 0.839. The summed E-state index contributed by atoms with van der Waals surface area (Å²) in [5.41, 5.74) is 0. The Hall–Kier alpha value is -0.990. The van der Waals surface area contributed by atoms with E-state index in [0.717, 1.165) is 6.42 Å². The van der Waals surface area contributed by atoms with Gasteiger partial charge in [0.25, 0.3) is 0 Å². The van der Waals surface area contributed by atoms with Crippen LogP contribution in [0.3, 0.4) is 0 Å². The van der Waals surface area contributed by atoms with E-state index in [4.69, 9.17) is 5.11 Å². The number of rotatable bonds is 4. The lowest BCUT2D eigenvalue weighted by Crippen LogP contribution is -2.26. The molecule has 0 aliphatic rings. The lowest BCUT2D eigenvalue weighted by Gasteiger charge is -2.08. The molecule has 0 aromatic heterocycles. The van der Waals surface area contributed by atoms with E-state index in [1.54, 1.807) is 0 Å². The smallest absolute Gasteiger partial charge is 0.404 e. The van der Waals surface area contributed by atoms with Gasteiger partial charge in [0.15, 0.2) is 0 Å². The van der Waals surface area contributed by atoms with Gasteiger partial charge in [0.05, 0.1) is 0 Å². The fourth-order valence-corrected chi connectivity index (χ4v) is 0.839. The second-order valence-electron chi connectivity index (χ2n) is 2.38. The van der Waals surface area contributed by atoms with Crippen LogP contribution in [-0.4, -0.2) is 17.7 Å². The van der Waals surface area contributed by atoms with Gasteiger partial charge in [0.1, 0.15) is 0 Å². The van der Waals surface area contributed by atoms with Gasteiger partial charge >= 0.3 is 6.09 Å². The summed E-state index contributed by atoms with van der Waals surface area (Å²) in [7, 11) is 0. The summed E-state index contributed by atoms with van der Waals surface area (Å²) in [6.07, 6.45) is 3.96. The summed E-state index contributed by atoms with van der Waals surface area (Å²) in [6, 6.07) is 0. The van der Waals surface area contributed by atoms with Gasteiger partial charge in [-0.1, -0.05) is 19.1 Å². The maximum Gasteiger partial charge on any atom is 0.404 e. The second-order valence-corrected chi connectivity index (χ2v) is 2.38. The highest BCUT2D eigenvalue weighted by Crippen LogP contribution is 2.01. The molecule has 0 aliphatic carbocycles. The predicted octanol–water partition coefficient (Wildman–Crippen LogP) is 1.86. The minimum atomic E-state index is -0.951. The third-order valence-corrected chi connectivity index (χ3v) is 1.50. The molecule has 1 amide bonds. The Bertz CT molecular complexity index is 143. The summed E-state index contributed by atoms with van der Waals surface area (Å²) in [5, 5.41) is 10.6. The molecule has 0 aliphatic heterocycles. The van der Waals surface area contributed by atoms with E-state index in [1.165, 1.54) is 0 Å². The van der Waals surface area contributed by atoms with Gasteiger partial charge in [-0.25, -0.2) is 4.79 Å². The van der Waals surface area contributed by atoms with Crippen LogP contribution in [0.15, 0.2) is 12.2 Å². The molecule has 3 heteroatoms. The molecule has 0 aromatic carbocycles. The number of allylic oxidation sites excluding steroid dienone is 1. The topological polar surface area (TPSA) is 49.3 Å². The molecule has 0 fully saturated rings. The highest BCUT2D eigenvalue weighted by Gasteiger charge is 2.02. The van der Waals surface area contributed by atoms with Crippen molar-refractivity contribution < 1.29 is 9.90 Å². The predicted molar refractivity (Wildman–Crippen MR) is 44.6 cm³/mol. The lowest BCUT2D eigenvalue weighted by atomic mass is 10.1. The average Bonchev–Trinajstić information content (AvgIpc) is 1.97. The Morgan fingerprint density at radius 2 is 2.36 bits per heavy atom. The Balaban J connectivity index is 3.60. The molecule has 11 heavy (non-hydrogen) atoms. The number of carboxylic acid groups (broad SMARTS) is 1. The summed E-state index contributed by atoms with van der Waals surface area (Å²) in [6.45, 7) is 4.48. The van der Waals surface area contributed by atoms with Crippen molar-refractivity contribution in [1.82, 2.24) is 5.32 Å². The molecule has 0 saturated heterocycles. The SMILES string of the molecule is CC=CC(CC)CNC(=O)O. The number of carbonyl (C=O) groups is 1. The van der Waals surface area contributed by atoms with Crippen LogP contribution in [0.1, 0.15) is 20.3 Å². The van der Waals surface area contributed by atoms with Gasteiger partial charge in [0, 0.05) is 6.54 Å². The second kappa shape index (κ2) is 5.77. The van der Waals surface area contributed by atoms with Crippen molar-refractivity contribution in [2.45, 2.75) is 20.3 Å². The molecule has 3 nitrogen and oxygen atoms in total. The van der Waals surface area contributed by atoms with Crippen LogP contribution in [0.4, 0.5) is 4.79 Å². The van der Waals surface area contributed by atoms with E-state index < -0.39 is 6.09 Å². The molecule has 0 radical (unpaired) electrons. The van der Waals surface area contributed by atoms with Crippen LogP contribution in [0, 0.1) is 5.92 Å². The van der Waals surface area contributed by atoms with Gasteiger partial charge in [0.2, 0.25) is 0 Å². The Labute approximate surface area is 67.1 Å². The lowest BCUT2D eigenvalue weighted by molar-refractivity contribution is 0.193. The minimum Gasteiger partial charge on any atom is -0.465 e. The number of nitrogens with one attached hydrogen (secondary N) is 1. The first-order valence-corrected chi connectivity index (χ1v) is 3.80. The van der Waals surface area contributed by atoms with E-state index >= 15 is 0 Å². The zero-order valence-electron chi connectivity index (χ0n) is 7.00. The highest BCUT2D eigenvalue weighted by molar-refractivity contribution is 5.64. The van der Waals surface area contributed by atoms with Gasteiger partial charge in [-0.15, -0.1) is 0 Å². The first kappa shape index (κ1) is 10.0. The largest absolute Gasteiger partial charge is 0.465 e. The normalized spacial score (nSPS) is 13.3. The van der Waals surface area contributed by atoms with Crippen LogP contribution in [0.2, 0.25) is 0 Å². The van der Waals surface area contributed by atoms with Gasteiger partial charge in [-0.2, -0.15) is 0 Å². The molecule has 0 spiro atoms. The standard InChI is InChI=1S/C8H15NO2/c1-3-5-7(4-2)6-9-8(10)11/h3,5,7,9H,4,6H2,1-2H3,(H,10,11). The number of hydrogen-bond acceptors (Lipinski definition) is 1. The molecule has 0 saturated carbocycles. The molecule has 1 atom stereocenters. The zero-order chi connectivity index (χ0) is 8.69. The minimum absolute atomic E-state index is 0.330. The quantitative estimate of drug-likeness (QED) is 0.612. The van der Waals surface area contributed by atoms with Crippen molar-refractivity contribution in [3.8, 4) is 0 Å². The van der Waals surface area contributed by atoms with Crippen molar-refractivity contribution in [2.24, 2.45) is 5.92 Å². The summed E-state index contributed by atoms with van der Waals surface area (Å²) in [4.78, 5) is 10.1. The molecule has 0 aromatic rings. The van der Waals surface area contributed by atoms with Crippen LogP contribution in [-0.2, 0) is 0 Å². The molecule has 2 N–H and O–H groups in total. The van der Waals surface area contributed by atoms with Crippen LogP contribution in [0.25, 0.3) is 0 Å². The van der Waals surface area contributed by atoms with E-state index in [0.29, 0.717) is 12.5 Å². The molecule has 0 bridgehead atoms. The van der Waals surface area contributed by atoms with E-state index in [2.05, 4.69) is 5.32 Å². The molecule has 64 valence electrons. The van der Waals surface area contributed by atoms with Gasteiger partial charge in [-0.05, 0) is 19.3 Å². The van der Waals surface area contributed by atoms with Crippen LogP contribution < -0.4 is 5.32 Å². The van der Waals surface area contributed by atoms with Crippen molar-refractivity contribution in [2.75, 3.05) is 6.54 Å². The van der Waals surface area contributed by atoms with Crippen LogP contribution >= 0.6 is 0 Å². The monoisotopic (exact) mass is 157 g/mol. The zero-order valence-corrected chi connectivity index (χ0v) is 7.00. The van der Waals surface area contributed by atoms with Crippen molar-refractivity contribution in [1.29, 1.82) is 0 Å². The van der Waals surface area contributed by atoms with Crippen molar-refractivity contribution in [3.05, 3.63) is 12.2 Å². The molecule has 1 unspecified atom stereocenters. The van der Waals surface area contributed by atoms with E-state index in [-0.39, 0.29) is 0 Å². The first-order valence-electron chi connectivity index (χ1n) is 3.80. The maximum absolute atomic E-state index is 10.1. The summed E-state index contributed by atoms with van der Waals surface area (Å²) in [5.74, 6) is 0.330. The third kappa shape index (κ3) is 5.45. The van der Waals surface area contributed by atoms with Gasteiger partial charge < -0.3 is 10.4 Å². The van der Waals surface area contributed by atoms with E-state index in [9.17, 15) is 4.79 Å². The van der Waals surface area contributed by atoms with Crippen molar-refractivity contribution >= 4 is 6.09 Å². The Morgan fingerprint density at radius 1 is 1.73 bits per heavy atom.